The standard InChI is InChI=1S/C12H15ClN2O2S2/c1-19-12(11(14)18)4-6-15(7-5-12)10(16)8-2-3-9(13)17-8/h2-3H,4-7H2,1H3,(H2,14,18). The van der Waals surface area contributed by atoms with E-state index in [2.05, 4.69) is 0 Å². The molecule has 1 saturated heterocycles. The number of hydrogen-bond donors (Lipinski definition) is 1. The van der Waals surface area contributed by atoms with E-state index in [-0.39, 0.29) is 21.6 Å². The summed E-state index contributed by atoms with van der Waals surface area (Å²) in [5.41, 5.74) is 5.82. The molecule has 104 valence electrons. The van der Waals surface area contributed by atoms with Crippen molar-refractivity contribution >= 4 is 46.5 Å². The summed E-state index contributed by atoms with van der Waals surface area (Å²) in [4.78, 5) is 14.5. The van der Waals surface area contributed by atoms with Gasteiger partial charge in [-0.15, -0.1) is 0 Å². The molecule has 2 rings (SSSR count). The highest BCUT2D eigenvalue weighted by atomic mass is 35.5. The molecule has 0 spiro atoms. The number of thiocarbonyl (C=S) groups is 1. The summed E-state index contributed by atoms with van der Waals surface area (Å²) < 4.78 is 4.96. The Morgan fingerprint density at radius 1 is 1.53 bits per heavy atom. The molecule has 0 aromatic carbocycles. The first-order chi connectivity index (χ1) is 8.98. The molecule has 7 heteroatoms. The second-order valence-corrected chi connectivity index (χ2v) is 6.46. The number of likely N-dealkylation sites (tertiary alicyclic amines) is 1. The van der Waals surface area contributed by atoms with Crippen molar-refractivity contribution in [2.24, 2.45) is 5.73 Å². The fraction of sp³-hybridized carbons (Fsp3) is 0.500. The van der Waals surface area contributed by atoms with Gasteiger partial charge in [-0.3, -0.25) is 4.79 Å². The van der Waals surface area contributed by atoms with E-state index >= 15 is 0 Å². The van der Waals surface area contributed by atoms with E-state index in [1.807, 2.05) is 6.26 Å². The Morgan fingerprint density at radius 2 is 2.16 bits per heavy atom. The molecule has 1 aromatic heterocycles. The largest absolute Gasteiger partial charge is 0.440 e. The minimum absolute atomic E-state index is 0.135. The van der Waals surface area contributed by atoms with Crippen LogP contribution in [0.4, 0.5) is 0 Å². The topological polar surface area (TPSA) is 59.5 Å². The van der Waals surface area contributed by atoms with E-state index in [1.165, 1.54) is 0 Å². The first-order valence-electron chi connectivity index (χ1n) is 5.88. The van der Waals surface area contributed by atoms with E-state index in [4.69, 9.17) is 34.0 Å². The zero-order chi connectivity index (χ0) is 14.0. The van der Waals surface area contributed by atoms with Gasteiger partial charge in [0.05, 0.1) is 9.74 Å². The normalized spacial score (nSPS) is 18.3. The minimum atomic E-state index is -0.188. The van der Waals surface area contributed by atoms with Gasteiger partial charge >= 0.3 is 0 Å². The van der Waals surface area contributed by atoms with Crippen molar-refractivity contribution < 1.29 is 9.21 Å². The first kappa shape index (κ1) is 14.7. The number of carbonyl (C=O) groups is 1. The predicted molar refractivity (Wildman–Crippen MR) is 81.9 cm³/mol. The minimum Gasteiger partial charge on any atom is -0.440 e. The molecule has 0 aliphatic carbocycles. The van der Waals surface area contributed by atoms with Gasteiger partial charge in [0.25, 0.3) is 5.91 Å². The summed E-state index contributed by atoms with van der Waals surface area (Å²) in [7, 11) is 0. The van der Waals surface area contributed by atoms with Crippen molar-refractivity contribution in [3.63, 3.8) is 0 Å². The van der Waals surface area contributed by atoms with E-state index in [0.29, 0.717) is 18.1 Å². The molecule has 2 N–H and O–H groups in total. The zero-order valence-electron chi connectivity index (χ0n) is 10.5. The number of amides is 1. The summed E-state index contributed by atoms with van der Waals surface area (Å²) in [6, 6.07) is 3.16. The second-order valence-electron chi connectivity index (χ2n) is 4.46. The zero-order valence-corrected chi connectivity index (χ0v) is 12.9. The fourth-order valence-corrected chi connectivity index (χ4v) is 3.60. The molecule has 1 amide bonds. The molecule has 0 bridgehead atoms. The quantitative estimate of drug-likeness (QED) is 0.868. The molecule has 1 fully saturated rings. The Kier molecular flexibility index (Phi) is 4.43. The molecule has 1 aliphatic heterocycles. The third-order valence-electron chi connectivity index (χ3n) is 3.48. The molecule has 2 heterocycles. The Labute approximate surface area is 126 Å². The van der Waals surface area contributed by atoms with E-state index in [0.717, 1.165) is 12.8 Å². The third-order valence-corrected chi connectivity index (χ3v) is 5.61. The van der Waals surface area contributed by atoms with Gasteiger partial charge in [0.15, 0.2) is 11.0 Å². The first-order valence-corrected chi connectivity index (χ1v) is 7.89. The Balaban J connectivity index is 2.04. The molecule has 0 radical (unpaired) electrons. The number of nitrogens with two attached hydrogens (primary N) is 1. The number of piperidine rings is 1. The van der Waals surface area contributed by atoms with Gasteiger partial charge in [0.1, 0.15) is 0 Å². The van der Waals surface area contributed by atoms with Crippen molar-refractivity contribution in [2.45, 2.75) is 17.6 Å². The molecule has 19 heavy (non-hydrogen) atoms. The van der Waals surface area contributed by atoms with Gasteiger partial charge in [0, 0.05) is 13.1 Å². The highest BCUT2D eigenvalue weighted by Gasteiger charge is 2.38. The maximum Gasteiger partial charge on any atom is 0.289 e. The van der Waals surface area contributed by atoms with Gasteiger partial charge in [-0.05, 0) is 42.8 Å². The summed E-state index contributed by atoms with van der Waals surface area (Å²) in [5, 5.41) is 0.224. The summed E-state index contributed by atoms with van der Waals surface area (Å²) in [6.07, 6.45) is 3.54. The number of rotatable bonds is 3. The Morgan fingerprint density at radius 3 is 2.58 bits per heavy atom. The number of thioether (sulfide) groups is 1. The van der Waals surface area contributed by atoms with Crippen molar-refractivity contribution in [1.82, 2.24) is 4.90 Å². The van der Waals surface area contributed by atoms with E-state index in [1.54, 1.807) is 28.8 Å². The van der Waals surface area contributed by atoms with Crippen LogP contribution in [0, 0.1) is 0 Å². The lowest BCUT2D eigenvalue weighted by atomic mass is 9.95. The molecule has 0 atom stereocenters. The van der Waals surface area contributed by atoms with Crippen LogP contribution in [-0.2, 0) is 0 Å². The number of halogens is 1. The van der Waals surface area contributed by atoms with Gasteiger partial charge in [-0.25, -0.2) is 0 Å². The average molecular weight is 319 g/mol. The maximum atomic E-state index is 12.2. The van der Waals surface area contributed by atoms with Crippen molar-refractivity contribution in [3.05, 3.63) is 23.1 Å². The maximum absolute atomic E-state index is 12.2. The molecule has 0 saturated carbocycles. The lowest BCUT2D eigenvalue weighted by Crippen LogP contribution is -2.50. The molecule has 4 nitrogen and oxygen atoms in total. The van der Waals surface area contributed by atoms with Gasteiger partial charge in [-0.2, -0.15) is 11.8 Å². The SMILES string of the molecule is CSC1(C(N)=S)CCN(C(=O)c2ccc(Cl)o2)CC1. The monoisotopic (exact) mass is 318 g/mol. The third kappa shape index (κ3) is 2.90. The Hall–Kier alpha value is -0.720. The summed E-state index contributed by atoms with van der Waals surface area (Å²) >= 11 is 12.5. The van der Waals surface area contributed by atoms with Crippen LogP contribution >= 0.6 is 35.6 Å². The number of hydrogen-bond acceptors (Lipinski definition) is 4. The van der Waals surface area contributed by atoms with Crippen LogP contribution in [0.1, 0.15) is 23.4 Å². The van der Waals surface area contributed by atoms with Gasteiger partial charge in [0.2, 0.25) is 0 Å². The highest BCUT2D eigenvalue weighted by Crippen LogP contribution is 2.35. The van der Waals surface area contributed by atoms with Crippen molar-refractivity contribution in [3.8, 4) is 0 Å². The number of furan rings is 1. The summed E-state index contributed by atoms with van der Waals surface area (Å²) in [5.74, 6) is 0.140. The van der Waals surface area contributed by atoms with E-state index < -0.39 is 0 Å². The molecular formula is C12H15ClN2O2S2. The van der Waals surface area contributed by atoms with Gasteiger partial charge in [-0.1, -0.05) is 12.2 Å². The number of carbonyl (C=O) groups excluding carboxylic acids is 1. The van der Waals surface area contributed by atoms with Crippen LogP contribution < -0.4 is 5.73 Å². The van der Waals surface area contributed by atoms with Crippen LogP contribution in [-0.4, -0.2) is 39.9 Å². The molecule has 0 unspecified atom stereocenters. The molecule has 1 aliphatic rings. The fourth-order valence-electron chi connectivity index (χ4n) is 2.21. The van der Waals surface area contributed by atoms with Crippen molar-refractivity contribution in [2.75, 3.05) is 19.3 Å². The lowest BCUT2D eigenvalue weighted by molar-refractivity contribution is 0.0687. The van der Waals surface area contributed by atoms with Crippen LogP contribution in [0.15, 0.2) is 16.5 Å². The summed E-state index contributed by atoms with van der Waals surface area (Å²) in [6.45, 7) is 1.24. The smallest absolute Gasteiger partial charge is 0.289 e. The highest BCUT2D eigenvalue weighted by molar-refractivity contribution is 8.02. The lowest BCUT2D eigenvalue weighted by Gasteiger charge is -2.39. The molecule has 1 aromatic rings. The van der Waals surface area contributed by atoms with Gasteiger partial charge < -0.3 is 15.1 Å². The molecular weight excluding hydrogens is 304 g/mol. The predicted octanol–water partition coefficient (Wildman–Crippen LogP) is 2.56. The Bertz CT molecular complexity index is 496. The number of nitrogens with zero attached hydrogens (tertiary/aromatic N) is 1. The van der Waals surface area contributed by atoms with Crippen LogP contribution in [0.5, 0.6) is 0 Å². The van der Waals surface area contributed by atoms with Crippen molar-refractivity contribution in [1.29, 1.82) is 0 Å². The van der Waals surface area contributed by atoms with E-state index in [9.17, 15) is 4.79 Å². The average Bonchev–Trinajstić information content (AvgIpc) is 2.84. The van der Waals surface area contributed by atoms with Crippen LogP contribution in [0.2, 0.25) is 5.22 Å². The van der Waals surface area contributed by atoms with Crippen LogP contribution in [0.3, 0.4) is 0 Å². The second kappa shape index (κ2) is 5.73. The van der Waals surface area contributed by atoms with Crippen LogP contribution in [0.25, 0.3) is 0 Å².